The number of phenolic OH excluding ortho intramolecular Hbond substituents is 2. The molecule has 1 heterocycles. The molecular weight excluding hydrogens is 384 g/mol. The molecule has 1 aromatic rings. The molecule has 3 fully saturated rings. The van der Waals surface area contributed by atoms with Crippen molar-refractivity contribution in [2.45, 2.75) is 65.4 Å². The van der Waals surface area contributed by atoms with Gasteiger partial charge >= 0.3 is 0 Å². The molecule has 4 atom stereocenters. The Morgan fingerprint density at radius 2 is 1.90 bits per heavy atom. The molecule has 3 saturated carbocycles. The smallest absolute Gasteiger partial charge is 0.170 e. The summed E-state index contributed by atoms with van der Waals surface area (Å²) in [5.74, 6) is 0.00371. The van der Waals surface area contributed by atoms with E-state index in [1.54, 1.807) is 0 Å². The molecule has 4 aliphatic rings. The third kappa shape index (κ3) is 2.72. The SMILES string of the molecule is CC(C)CC(=O)c1c(O)c(C=O)c(O)c2c1O[C@@]1(CCO)[C@@H](C2)C[C@H]2C[C@@H]1C2(C)C. The molecule has 30 heavy (non-hydrogen) atoms. The van der Waals surface area contributed by atoms with Gasteiger partial charge in [-0.2, -0.15) is 0 Å². The number of hydrogen-bond donors (Lipinski definition) is 3. The van der Waals surface area contributed by atoms with E-state index in [4.69, 9.17) is 4.74 Å². The predicted octanol–water partition coefficient (Wildman–Crippen LogP) is 3.88. The predicted molar refractivity (Wildman–Crippen MR) is 111 cm³/mol. The van der Waals surface area contributed by atoms with Crippen molar-refractivity contribution in [3.8, 4) is 17.2 Å². The topological polar surface area (TPSA) is 104 Å². The number of hydrogen-bond acceptors (Lipinski definition) is 6. The van der Waals surface area contributed by atoms with Crippen molar-refractivity contribution < 1.29 is 29.6 Å². The zero-order chi connectivity index (χ0) is 22.0. The Kier molecular flexibility index (Phi) is 4.92. The van der Waals surface area contributed by atoms with Crippen molar-refractivity contribution in [2.24, 2.45) is 29.1 Å². The number of phenols is 2. The molecule has 0 spiro atoms. The largest absolute Gasteiger partial charge is 0.507 e. The summed E-state index contributed by atoms with van der Waals surface area (Å²) in [4.78, 5) is 24.7. The van der Waals surface area contributed by atoms with E-state index < -0.39 is 11.4 Å². The molecule has 5 rings (SSSR count). The molecule has 1 aromatic carbocycles. The van der Waals surface area contributed by atoms with Crippen LogP contribution in [0.4, 0.5) is 0 Å². The summed E-state index contributed by atoms with van der Waals surface area (Å²) in [6.45, 7) is 8.24. The molecule has 6 nitrogen and oxygen atoms in total. The lowest BCUT2D eigenvalue weighted by Gasteiger charge is -2.68. The molecule has 164 valence electrons. The average Bonchev–Trinajstić information content (AvgIpc) is 2.66. The highest BCUT2D eigenvalue weighted by Crippen LogP contribution is 2.68. The first-order valence-electron chi connectivity index (χ1n) is 11.0. The van der Waals surface area contributed by atoms with E-state index in [9.17, 15) is 24.9 Å². The van der Waals surface area contributed by atoms with Gasteiger partial charge in [-0.3, -0.25) is 9.59 Å². The lowest BCUT2D eigenvalue weighted by atomic mass is 9.40. The van der Waals surface area contributed by atoms with Gasteiger partial charge in [-0.1, -0.05) is 27.7 Å². The maximum atomic E-state index is 13.1. The minimum absolute atomic E-state index is 0.00591. The summed E-state index contributed by atoms with van der Waals surface area (Å²) in [6.07, 6.45) is 3.42. The fourth-order valence-corrected chi connectivity index (χ4v) is 6.44. The van der Waals surface area contributed by atoms with Crippen LogP contribution in [-0.4, -0.2) is 39.6 Å². The number of fused-ring (bicyclic) bond motifs is 1. The zero-order valence-electron chi connectivity index (χ0n) is 18.2. The second kappa shape index (κ2) is 6.98. The minimum Gasteiger partial charge on any atom is -0.507 e. The summed E-state index contributed by atoms with van der Waals surface area (Å²) in [5.41, 5.74) is -0.402. The van der Waals surface area contributed by atoms with Gasteiger partial charge in [0.25, 0.3) is 0 Å². The van der Waals surface area contributed by atoms with Crippen LogP contribution >= 0.6 is 0 Å². The number of Topliss-reactive ketones (excluding diaryl/α,β-unsaturated/α-hetero) is 1. The summed E-state index contributed by atoms with van der Waals surface area (Å²) >= 11 is 0. The first-order chi connectivity index (χ1) is 14.1. The minimum atomic E-state index is -0.644. The van der Waals surface area contributed by atoms with Crippen LogP contribution in [-0.2, 0) is 6.42 Å². The summed E-state index contributed by atoms with van der Waals surface area (Å²) in [5, 5.41) is 31.4. The highest BCUT2D eigenvalue weighted by atomic mass is 16.5. The second-order valence-electron chi connectivity index (χ2n) is 10.4. The third-order valence-electron chi connectivity index (χ3n) is 8.09. The van der Waals surface area contributed by atoms with E-state index in [1.807, 2.05) is 13.8 Å². The maximum absolute atomic E-state index is 13.1. The number of ketones is 1. The standard InChI is InChI=1S/C24H32O6/c1-12(2)7-17(27)19-21(29)16(11-26)20(28)15-9-14-8-13-10-18(23(13,3)4)24(14,5-6-25)30-22(15)19/h11-14,18,25,28-29H,5-10H2,1-4H3/t13-,14+,18+,24-/m0/s1. The Labute approximate surface area is 177 Å². The van der Waals surface area contributed by atoms with Gasteiger partial charge in [-0.15, -0.1) is 0 Å². The van der Waals surface area contributed by atoms with Crippen LogP contribution in [0.25, 0.3) is 0 Å². The molecule has 1 aliphatic heterocycles. The van der Waals surface area contributed by atoms with Crippen molar-refractivity contribution in [1.82, 2.24) is 0 Å². The van der Waals surface area contributed by atoms with E-state index >= 15 is 0 Å². The van der Waals surface area contributed by atoms with Gasteiger partial charge in [-0.05, 0) is 36.5 Å². The molecule has 0 radical (unpaired) electrons. The molecule has 0 amide bonds. The van der Waals surface area contributed by atoms with Gasteiger partial charge < -0.3 is 20.1 Å². The first-order valence-corrected chi connectivity index (χ1v) is 11.0. The number of rotatable bonds is 6. The number of carbonyl (C=O) groups excluding carboxylic acids is 2. The van der Waals surface area contributed by atoms with Crippen molar-refractivity contribution in [3.63, 3.8) is 0 Å². The summed E-state index contributed by atoms with van der Waals surface area (Å²) in [7, 11) is 0. The van der Waals surface area contributed by atoms with Crippen LogP contribution < -0.4 is 4.74 Å². The Hall–Kier alpha value is -2.08. The molecule has 2 bridgehead atoms. The molecule has 0 aromatic heterocycles. The number of benzene rings is 1. The van der Waals surface area contributed by atoms with Crippen molar-refractivity contribution >= 4 is 12.1 Å². The number of aliphatic hydroxyl groups excluding tert-OH is 1. The number of aromatic hydroxyl groups is 2. The van der Waals surface area contributed by atoms with E-state index in [1.165, 1.54) is 0 Å². The van der Waals surface area contributed by atoms with Gasteiger partial charge in [0.2, 0.25) is 0 Å². The van der Waals surface area contributed by atoms with Crippen LogP contribution in [0.1, 0.15) is 79.7 Å². The van der Waals surface area contributed by atoms with Crippen LogP contribution in [0.3, 0.4) is 0 Å². The average molecular weight is 417 g/mol. The van der Waals surface area contributed by atoms with Gasteiger partial charge in [0.15, 0.2) is 12.1 Å². The number of aliphatic hydroxyl groups is 1. The second-order valence-corrected chi connectivity index (χ2v) is 10.4. The maximum Gasteiger partial charge on any atom is 0.170 e. The Morgan fingerprint density at radius 1 is 1.20 bits per heavy atom. The molecule has 3 N–H and O–H groups in total. The lowest BCUT2D eigenvalue weighted by Crippen LogP contribution is -2.69. The normalized spacial score (nSPS) is 30.7. The van der Waals surface area contributed by atoms with Gasteiger partial charge in [0.1, 0.15) is 28.4 Å². The quantitative estimate of drug-likeness (QED) is 0.480. The highest BCUT2D eigenvalue weighted by molar-refractivity contribution is 6.05. The van der Waals surface area contributed by atoms with E-state index in [-0.39, 0.29) is 64.6 Å². The highest BCUT2D eigenvalue weighted by Gasteiger charge is 2.67. The third-order valence-corrected chi connectivity index (χ3v) is 8.09. The van der Waals surface area contributed by atoms with Gasteiger partial charge in [0, 0.05) is 36.8 Å². The fraction of sp³-hybridized carbons (Fsp3) is 0.667. The Morgan fingerprint density at radius 3 is 2.47 bits per heavy atom. The van der Waals surface area contributed by atoms with Crippen LogP contribution in [0, 0.1) is 29.1 Å². The molecule has 6 heteroatoms. The zero-order valence-corrected chi connectivity index (χ0v) is 18.2. The Bertz CT molecular complexity index is 902. The van der Waals surface area contributed by atoms with Crippen molar-refractivity contribution in [3.05, 3.63) is 16.7 Å². The molecular formula is C24H32O6. The summed E-state index contributed by atoms with van der Waals surface area (Å²) < 4.78 is 6.63. The fourth-order valence-electron chi connectivity index (χ4n) is 6.44. The van der Waals surface area contributed by atoms with Gasteiger partial charge in [-0.25, -0.2) is 0 Å². The van der Waals surface area contributed by atoms with Crippen molar-refractivity contribution in [2.75, 3.05) is 6.61 Å². The van der Waals surface area contributed by atoms with Crippen LogP contribution in [0.5, 0.6) is 17.2 Å². The first kappa shape index (κ1) is 21.2. The molecule has 3 aliphatic carbocycles. The van der Waals surface area contributed by atoms with Crippen LogP contribution in [0.15, 0.2) is 0 Å². The van der Waals surface area contributed by atoms with E-state index in [0.29, 0.717) is 30.6 Å². The molecule has 0 saturated heterocycles. The monoisotopic (exact) mass is 416 g/mol. The van der Waals surface area contributed by atoms with Crippen LogP contribution in [0.2, 0.25) is 0 Å². The number of ether oxygens (including phenoxy) is 1. The van der Waals surface area contributed by atoms with Crippen molar-refractivity contribution in [1.29, 1.82) is 0 Å². The number of carbonyl (C=O) groups is 2. The number of aldehydes is 1. The lowest BCUT2D eigenvalue weighted by molar-refractivity contribution is -0.231. The van der Waals surface area contributed by atoms with Gasteiger partial charge in [0.05, 0.1) is 5.56 Å². The Balaban J connectivity index is 1.91. The van der Waals surface area contributed by atoms with E-state index in [2.05, 4.69) is 13.8 Å². The van der Waals surface area contributed by atoms with E-state index in [0.717, 1.165) is 12.8 Å². The summed E-state index contributed by atoms with van der Waals surface area (Å²) in [6, 6.07) is 0. The molecule has 0 unspecified atom stereocenters.